The molecule has 9 nitrogen and oxygen atoms in total. The van der Waals surface area contributed by atoms with Gasteiger partial charge in [-0.3, -0.25) is 15.0 Å². The van der Waals surface area contributed by atoms with Crippen molar-refractivity contribution in [3.63, 3.8) is 0 Å². The molecule has 0 spiro atoms. The highest BCUT2D eigenvalue weighted by Gasteiger charge is 2.36. The van der Waals surface area contributed by atoms with Crippen molar-refractivity contribution in [2.24, 2.45) is 13.0 Å². The largest absolute Gasteiger partial charge is 0.512 e. The lowest BCUT2D eigenvalue weighted by atomic mass is 9.93. The number of hydrogen-bond acceptors (Lipinski definition) is 6. The van der Waals surface area contributed by atoms with Crippen molar-refractivity contribution >= 4 is 57.4 Å². The first-order chi connectivity index (χ1) is 20.5. The van der Waals surface area contributed by atoms with E-state index in [1.165, 1.54) is 0 Å². The molecule has 43 heavy (non-hydrogen) atoms. The van der Waals surface area contributed by atoms with Gasteiger partial charge in [-0.2, -0.15) is 0 Å². The number of aryl methyl sites for hydroxylation is 1. The second-order valence-electron chi connectivity index (χ2n) is 11.2. The van der Waals surface area contributed by atoms with Crippen molar-refractivity contribution in [1.29, 1.82) is 5.41 Å². The Bertz CT molecular complexity index is 1590. The molecule has 2 heterocycles. The summed E-state index contributed by atoms with van der Waals surface area (Å²) in [6.45, 7) is 0.112. The normalized spacial score (nSPS) is 17.1. The van der Waals surface area contributed by atoms with Crippen LogP contribution in [-0.2, 0) is 16.6 Å². The molecule has 0 bridgehead atoms. The molecule has 2 fully saturated rings. The lowest BCUT2D eigenvalue weighted by Gasteiger charge is -2.37. The number of rotatable bonds is 11. The maximum absolute atomic E-state index is 15.9. The minimum absolute atomic E-state index is 0.0266. The van der Waals surface area contributed by atoms with E-state index in [2.05, 4.69) is 10.2 Å². The number of aliphatic carboxylic acids is 1. The Hall–Kier alpha value is -3.60. The Labute approximate surface area is 258 Å². The molecule has 2 aromatic carbocycles. The number of aliphatic hydroxyl groups is 1. The molecular formula is C31H33Cl2FN4O5. The van der Waals surface area contributed by atoms with Gasteiger partial charge in [0.15, 0.2) is 0 Å². The summed E-state index contributed by atoms with van der Waals surface area (Å²) in [5.74, 6) is -1.55. The molecule has 4 N–H and O–H groups in total. The number of amides is 1. The molecular weight excluding hydrogens is 598 g/mol. The van der Waals surface area contributed by atoms with Crippen LogP contribution in [-0.4, -0.2) is 70.9 Å². The zero-order valence-electron chi connectivity index (χ0n) is 23.6. The Morgan fingerprint density at radius 1 is 1.14 bits per heavy atom. The van der Waals surface area contributed by atoms with E-state index in [0.717, 1.165) is 24.0 Å². The van der Waals surface area contributed by atoms with Crippen LogP contribution in [0.25, 0.3) is 10.9 Å². The minimum Gasteiger partial charge on any atom is -0.512 e. The van der Waals surface area contributed by atoms with Crippen molar-refractivity contribution in [2.45, 2.75) is 31.4 Å². The highest BCUT2D eigenvalue weighted by atomic mass is 35.5. The quantitative estimate of drug-likeness (QED) is 0.154. The molecule has 3 aromatic rings. The van der Waals surface area contributed by atoms with E-state index in [1.54, 1.807) is 29.0 Å². The average molecular weight is 632 g/mol. The van der Waals surface area contributed by atoms with E-state index in [9.17, 15) is 14.7 Å². The number of carbonyl (C=O) groups excluding carboxylic acids is 1. The number of ether oxygens (including phenoxy) is 1. The molecule has 0 radical (unpaired) electrons. The van der Waals surface area contributed by atoms with Gasteiger partial charge in [-0.15, -0.1) is 0 Å². The number of carboxylic acids is 1. The van der Waals surface area contributed by atoms with Gasteiger partial charge in [0.2, 0.25) is 0 Å². The van der Waals surface area contributed by atoms with Gasteiger partial charge in [0.1, 0.15) is 18.0 Å². The summed E-state index contributed by atoms with van der Waals surface area (Å²) in [7, 11) is 1.81. The SMILES string of the molecule is Cn1cc(C(=O)NCC(=O)O)c2ccc(N3CCC(F)(COC/C(C(=N)c4c(Cl)cccc4Cl)=C(/O)C4CC4)CC3)cc21. The molecule has 2 aliphatic rings. The van der Waals surface area contributed by atoms with Crippen LogP contribution in [0.15, 0.2) is 53.9 Å². The van der Waals surface area contributed by atoms with E-state index in [1.807, 2.05) is 25.2 Å². The summed E-state index contributed by atoms with van der Waals surface area (Å²) in [6, 6.07) is 10.6. The fourth-order valence-corrected chi connectivity index (χ4v) is 6.00. The van der Waals surface area contributed by atoms with E-state index in [-0.39, 0.29) is 49.0 Å². The number of nitrogens with zero attached hydrogens (tertiary/aromatic N) is 2. The highest BCUT2D eigenvalue weighted by Crippen LogP contribution is 2.39. The number of piperidine rings is 1. The molecule has 228 valence electrons. The second kappa shape index (κ2) is 12.6. The predicted molar refractivity (Wildman–Crippen MR) is 165 cm³/mol. The lowest BCUT2D eigenvalue weighted by molar-refractivity contribution is -0.135. The molecule has 1 aromatic heterocycles. The van der Waals surface area contributed by atoms with Crippen LogP contribution in [0.1, 0.15) is 41.6 Å². The van der Waals surface area contributed by atoms with E-state index in [0.29, 0.717) is 39.6 Å². The molecule has 1 saturated heterocycles. The summed E-state index contributed by atoms with van der Waals surface area (Å²) in [5, 5.41) is 32.1. The number of fused-ring (bicyclic) bond motifs is 1. The van der Waals surface area contributed by atoms with Gasteiger partial charge in [0.25, 0.3) is 5.91 Å². The van der Waals surface area contributed by atoms with Gasteiger partial charge in [-0.25, -0.2) is 4.39 Å². The predicted octanol–water partition coefficient (Wildman–Crippen LogP) is 5.91. The number of allylic oxidation sites excluding steroid dienone is 1. The number of aromatic nitrogens is 1. The Morgan fingerprint density at radius 2 is 1.81 bits per heavy atom. The number of aliphatic hydroxyl groups excluding tert-OH is 1. The zero-order chi connectivity index (χ0) is 30.9. The van der Waals surface area contributed by atoms with Crippen LogP contribution in [0, 0.1) is 11.3 Å². The van der Waals surface area contributed by atoms with Crippen molar-refractivity contribution in [3.05, 3.63) is 75.1 Å². The van der Waals surface area contributed by atoms with Crippen LogP contribution in [0.4, 0.5) is 10.1 Å². The number of hydrogen-bond donors (Lipinski definition) is 4. The molecule has 1 amide bonds. The number of benzene rings is 2. The van der Waals surface area contributed by atoms with Crippen LogP contribution in [0.2, 0.25) is 10.0 Å². The molecule has 1 aliphatic carbocycles. The van der Waals surface area contributed by atoms with Gasteiger partial charge in [0.05, 0.1) is 40.1 Å². The van der Waals surface area contributed by atoms with Gasteiger partial charge in [-0.1, -0.05) is 29.3 Å². The first-order valence-electron chi connectivity index (χ1n) is 14.0. The molecule has 0 atom stereocenters. The molecule has 12 heteroatoms. The van der Waals surface area contributed by atoms with Gasteiger partial charge in [0, 0.05) is 67.3 Å². The van der Waals surface area contributed by atoms with Crippen LogP contribution < -0.4 is 10.2 Å². The number of anilines is 1. The Morgan fingerprint density at radius 3 is 2.44 bits per heavy atom. The Kier molecular flexibility index (Phi) is 9.01. The van der Waals surface area contributed by atoms with Crippen molar-refractivity contribution in [2.75, 3.05) is 37.7 Å². The molecule has 5 rings (SSSR count). The van der Waals surface area contributed by atoms with Crippen LogP contribution >= 0.6 is 23.2 Å². The third-order valence-corrected chi connectivity index (χ3v) is 8.67. The molecule has 1 saturated carbocycles. The number of alkyl halides is 1. The average Bonchev–Trinajstić information content (AvgIpc) is 3.77. The maximum Gasteiger partial charge on any atom is 0.322 e. The van der Waals surface area contributed by atoms with E-state index >= 15 is 4.39 Å². The summed E-state index contributed by atoms with van der Waals surface area (Å²) < 4.78 is 23.5. The number of nitrogens with one attached hydrogen (secondary N) is 2. The molecule has 0 unspecified atom stereocenters. The van der Waals surface area contributed by atoms with Crippen molar-refractivity contribution in [3.8, 4) is 0 Å². The molecule has 1 aliphatic heterocycles. The monoisotopic (exact) mass is 630 g/mol. The first kappa shape index (κ1) is 30.8. The summed E-state index contributed by atoms with van der Waals surface area (Å²) in [6.07, 6.45) is 3.74. The smallest absolute Gasteiger partial charge is 0.322 e. The van der Waals surface area contributed by atoms with Crippen LogP contribution in [0.5, 0.6) is 0 Å². The standard InChI is InChI=1S/C31H33Cl2FN4O5/c1-37-15-21(30(42)36-14-26(39)40)20-8-7-19(13-25(20)37)38-11-9-31(34,10-12-38)17-43-16-22(29(41)18-5-6-18)28(35)27-23(32)3-2-4-24(27)33/h2-4,7-8,13,15,18,35,41H,5-6,9-12,14,16-17H2,1H3,(H,36,42)(H,39,40)/b29-22-,35-28?. The summed E-state index contributed by atoms with van der Waals surface area (Å²) in [5.41, 5.74) is 1.05. The second-order valence-corrected chi connectivity index (χ2v) is 12.0. The van der Waals surface area contributed by atoms with Gasteiger partial charge < -0.3 is 29.7 Å². The third kappa shape index (κ3) is 6.82. The van der Waals surface area contributed by atoms with E-state index in [4.69, 9.17) is 38.5 Å². The first-order valence-corrected chi connectivity index (χ1v) is 14.8. The number of carboxylic acid groups (broad SMARTS) is 1. The summed E-state index contributed by atoms with van der Waals surface area (Å²) >= 11 is 12.6. The maximum atomic E-state index is 15.9. The zero-order valence-corrected chi connectivity index (χ0v) is 25.1. The van der Waals surface area contributed by atoms with Crippen LogP contribution in [0.3, 0.4) is 0 Å². The number of carbonyl (C=O) groups is 2. The topological polar surface area (TPSA) is 128 Å². The highest BCUT2D eigenvalue weighted by molar-refractivity contribution is 6.41. The van der Waals surface area contributed by atoms with Crippen molar-refractivity contribution in [1.82, 2.24) is 9.88 Å². The van der Waals surface area contributed by atoms with Crippen molar-refractivity contribution < 1.29 is 28.9 Å². The fraction of sp³-hybridized carbons (Fsp3) is 0.387. The lowest BCUT2D eigenvalue weighted by Crippen LogP contribution is -2.44. The fourth-order valence-electron chi connectivity index (χ4n) is 5.41. The summed E-state index contributed by atoms with van der Waals surface area (Å²) in [4.78, 5) is 25.4. The van der Waals surface area contributed by atoms with Gasteiger partial charge >= 0.3 is 5.97 Å². The third-order valence-electron chi connectivity index (χ3n) is 8.04. The Balaban J connectivity index is 1.22. The van der Waals surface area contributed by atoms with Gasteiger partial charge in [-0.05, 0) is 43.2 Å². The minimum atomic E-state index is -1.58. The van der Waals surface area contributed by atoms with E-state index < -0.39 is 24.1 Å². The number of halogens is 3.